The molecule has 0 radical (unpaired) electrons. The molecule has 12 nitrogen and oxygen atoms in total. The fourth-order valence-corrected chi connectivity index (χ4v) is 6.63. The van der Waals surface area contributed by atoms with Gasteiger partial charge in [-0.05, 0) is 44.9 Å². The molecule has 0 saturated carbocycles. The number of hydrogen-bond donors (Lipinski definition) is 0. The van der Waals surface area contributed by atoms with E-state index in [-0.39, 0.29) is 31.1 Å². The van der Waals surface area contributed by atoms with Crippen LogP contribution in [-0.2, 0) is 20.8 Å². The molecule has 0 bridgehead atoms. The third-order valence-electron chi connectivity index (χ3n) is 7.51. The minimum absolute atomic E-state index is 0.0938. The number of aromatic nitrogens is 5. The van der Waals surface area contributed by atoms with Gasteiger partial charge in [0.25, 0.3) is 5.56 Å². The van der Waals surface area contributed by atoms with Crippen LogP contribution < -0.4 is 16.0 Å². The summed E-state index contributed by atoms with van der Waals surface area (Å²) in [6, 6.07) is 3.13. The van der Waals surface area contributed by atoms with Crippen LogP contribution in [0, 0.1) is 12.7 Å². The molecule has 1 aliphatic rings. The second-order valence-electron chi connectivity index (χ2n) is 9.91. The molecule has 4 aromatic rings. The molecule has 14 heteroatoms. The molecule has 1 fully saturated rings. The van der Waals surface area contributed by atoms with Crippen molar-refractivity contribution in [2.45, 2.75) is 45.4 Å². The lowest BCUT2D eigenvalue weighted by molar-refractivity contribution is -0.137. The van der Waals surface area contributed by atoms with E-state index in [1.807, 2.05) is 6.92 Å². The number of halogens is 1. The number of fused-ring (bicyclic) bond motifs is 1. The number of benzene rings is 1. The zero-order valence-electron chi connectivity index (χ0n) is 23.9. The van der Waals surface area contributed by atoms with Crippen molar-refractivity contribution < 1.29 is 23.4 Å². The molecule has 224 valence electrons. The number of methoxy groups -OCH3 is 2. The maximum atomic E-state index is 14.5. The van der Waals surface area contributed by atoms with Crippen LogP contribution in [-0.4, -0.2) is 75.5 Å². The van der Waals surface area contributed by atoms with Crippen LogP contribution in [0.2, 0.25) is 0 Å². The van der Waals surface area contributed by atoms with E-state index in [1.54, 1.807) is 11.8 Å². The van der Waals surface area contributed by atoms with Gasteiger partial charge < -0.3 is 19.1 Å². The number of aryl methyl sites for hydroxylation is 1. The minimum Gasteiger partial charge on any atom is -0.496 e. The third-order valence-corrected chi connectivity index (χ3v) is 8.79. The first-order valence-corrected chi connectivity index (χ1v) is 14.5. The van der Waals surface area contributed by atoms with Crippen molar-refractivity contribution in [1.82, 2.24) is 29.0 Å². The summed E-state index contributed by atoms with van der Waals surface area (Å²) in [4.78, 5) is 45.2. The minimum atomic E-state index is -0.948. The number of likely N-dealkylation sites (N-methyl/N-ethyl adjacent to an activating group) is 1. The molecule has 3 aromatic heterocycles. The summed E-state index contributed by atoms with van der Waals surface area (Å²) in [5.41, 5.74) is -0.232. The SMILES string of the molecule is CCN1CCCC(n2c(=O)c3c(C)c(-n4nccn4)sc3n(C[C@H](OCCOC)c3cc(F)ccc3OC)c2=O)C1=O. The Labute approximate surface area is 244 Å². The van der Waals surface area contributed by atoms with Crippen LogP contribution in [0.1, 0.15) is 43.0 Å². The first-order chi connectivity index (χ1) is 20.3. The first-order valence-electron chi connectivity index (χ1n) is 13.7. The van der Waals surface area contributed by atoms with Gasteiger partial charge in [-0.2, -0.15) is 10.2 Å². The number of thiophene rings is 1. The van der Waals surface area contributed by atoms with Crippen molar-refractivity contribution >= 4 is 27.5 Å². The van der Waals surface area contributed by atoms with Crippen LogP contribution in [0.3, 0.4) is 0 Å². The van der Waals surface area contributed by atoms with Crippen molar-refractivity contribution in [1.29, 1.82) is 0 Å². The lowest BCUT2D eigenvalue weighted by Crippen LogP contribution is -2.50. The number of amides is 1. The molecule has 1 saturated heterocycles. The molecule has 1 unspecified atom stereocenters. The molecule has 42 heavy (non-hydrogen) atoms. The molecule has 2 atom stereocenters. The predicted molar refractivity (Wildman–Crippen MR) is 154 cm³/mol. The predicted octanol–water partition coefficient (Wildman–Crippen LogP) is 2.85. The summed E-state index contributed by atoms with van der Waals surface area (Å²) in [5, 5.41) is 9.29. The van der Waals surface area contributed by atoms with E-state index in [1.165, 1.54) is 65.5 Å². The molecule has 0 N–H and O–H groups in total. The smallest absolute Gasteiger partial charge is 0.332 e. The fourth-order valence-electron chi connectivity index (χ4n) is 5.41. The lowest BCUT2D eigenvalue weighted by atomic mass is 10.0. The van der Waals surface area contributed by atoms with E-state index in [9.17, 15) is 18.8 Å². The van der Waals surface area contributed by atoms with Gasteiger partial charge in [0.05, 0.1) is 44.6 Å². The summed E-state index contributed by atoms with van der Waals surface area (Å²) in [5.74, 6) is -0.392. The number of nitrogens with zero attached hydrogens (tertiary/aromatic N) is 6. The van der Waals surface area contributed by atoms with Crippen molar-refractivity contribution in [3.8, 4) is 10.8 Å². The number of likely N-dealkylation sites (tertiary alicyclic amines) is 1. The quantitative estimate of drug-likeness (QED) is 0.241. The molecular weight excluding hydrogens is 567 g/mol. The molecule has 1 aromatic carbocycles. The van der Waals surface area contributed by atoms with Crippen LogP contribution in [0.5, 0.6) is 5.75 Å². The Morgan fingerprint density at radius 2 is 1.90 bits per heavy atom. The van der Waals surface area contributed by atoms with Crippen molar-refractivity contribution in [2.24, 2.45) is 0 Å². The van der Waals surface area contributed by atoms with Gasteiger partial charge in [0.1, 0.15) is 33.5 Å². The van der Waals surface area contributed by atoms with Crippen molar-refractivity contribution in [3.63, 3.8) is 0 Å². The fraction of sp³-hybridized carbons (Fsp3) is 0.464. The Bertz CT molecular complexity index is 1700. The van der Waals surface area contributed by atoms with Gasteiger partial charge in [0, 0.05) is 31.3 Å². The third kappa shape index (κ3) is 5.37. The molecule has 1 aliphatic heterocycles. The van der Waals surface area contributed by atoms with Crippen LogP contribution in [0.4, 0.5) is 4.39 Å². The highest BCUT2D eigenvalue weighted by molar-refractivity contribution is 7.21. The van der Waals surface area contributed by atoms with Crippen molar-refractivity contribution in [2.75, 3.05) is 40.5 Å². The first kappa shape index (κ1) is 29.6. The molecule has 1 amide bonds. The second kappa shape index (κ2) is 12.5. The van der Waals surface area contributed by atoms with Gasteiger partial charge in [-0.3, -0.25) is 14.2 Å². The van der Waals surface area contributed by atoms with Crippen LogP contribution in [0.25, 0.3) is 15.2 Å². The summed E-state index contributed by atoms with van der Waals surface area (Å²) in [6.45, 7) is 4.99. The van der Waals surface area contributed by atoms with E-state index in [2.05, 4.69) is 10.2 Å². The summed E-state index contributed by atoms with van der Waals surface area (Å²) in [7, 11) is 3.00. The molecule has 5 rings (SSSR count). The average molecular weight is 601 g/mol. The highest BCUT2D eigenvalue weighted by atomic mass is 32.1. The molecular formula is C28H33FN6O6S. The number of ether oxygens (including phenoxy) is 3. The zero-order valence-corrected chi connectivity index (χ0v) is 24.7. The lowest BCUT2D eigenvalue weighted by Gasteiger charge is -2.32. The Morgan fingerprint density at radius 1 is 1.14 bits per heavy atom. The molecule has 0 spiro atoms. The van der Waals surface area contributed by atoms with Gasteiger partial charge in [-0.15, -0.1) is 4.80 Å². The van der Waals surface area contributed by atoms with E-state index >= 15 is 0 Å². The Kier molecular flexibility index (Phi) is 8.85. The van der Waals surface area contributed by atoms with Crippen LogP contribution >= 0.6 is 11.3 Å². The second-order valence-corrected chi connectivity index (χ2v) is 10.9. The maximum Gasteiger partial charge on any atom is 0.332 e. The van der Waals surface area contributed by atoms with E-state index in [0.717, 1.165) is 4.57 Å². The van der Waals surface area contributed by atoms with E-state index in [0.29, 0.717) is 52.6 Å². The summed E-state index contributed by atoms with van der Waals surface area (Å²) < 4.78 is 33.8. The van der Waals surface area contributed by atoms with Crippen molar-refractivity contribution in [3.05, 3.63) is 68.4 Å². The number of hydrogen-bond acceptors (Lipinski definition) is 9. The number of carbonyl (C=O) groups is 1. The number of piperidine rings is 1. The van der Waals surface area contributed by atoms with Gasteiger partial charge in [-0.1, -0.05) is 11.3 Å². The summed E-state index contributed by atoms with van der Waals surface area (Å²) in [6.07, 6.45) is 3.19. The summed E-state index contributed by atoms with van der Waals surface area (Å²) >= 11 is 1.18. The highest BCUT2D eigenvalue weighted by Crippen LogP contribution is 2.34. The van der Waals surface area contributed by atoms with Gasteiger partial charge in [0.15, 0.2) is 0 Å². The zero-order chi connectivity index (χ0) is 30.0. The largest absolute Gasteiger partial charge is 0.496 e. The standard InChI is InChI=1S/C28H33FN6O6S/c1-5-32-12-6-7-20(24(32)36)34-25(37)23-17(2)26(35-30-10-11-31-35)42-27(23)33(28(34)38)16-22(41-14-13-39-3)19-15-18(29)8-9-21(19)40-4/h8-11,15,20,22H,5-7,12-14,16H2,1-4H3/t20?,22-/m0/s1. The number of carbonyl (C=O) groups excluding carboxylic acids is 1. The Morgan fingerprint density at radius 3 is 2.60 bits per heavy atom. The van der Waals surface area contributed by atoms with Gasteiger partial charge >= 0.3 is 5.69 Å². The Balaban J connectivity index is 1.75. The van der Waals surface area contributed by atoms with E-state index < -0.39 is 29.2 Å². The monoisotopic (exact) mass is 600 g/mol. The van der Waals surface area contributed by atoms with Gasteiger partial charge in [-0.25, -0.2) is 13.8 Å². The average Bonchev–Trinajstić information content (AvgIpc) is 3.63. The highest BCUT2D eigenvalue weighted by Gasteiger charge is 2.34. The van der Waals surface area contributed by atoms with Crippen LogP contribution in [0.15, 0.2) is 40.2 Å². The Hall–Kier alpha value is -3.88. The maximum absolute atomic E-state index is 14.5. The molecule has 0 aliphatic carbocycles. The topological polar surface area (TPSA) is 123 Å². The van der Waals surface area contributed by atoms with Gasteiger partial charge in [0.2, 0.25) is 5.91 Å². The van der Waals surface area contributed by atoms with E-state index in [4.69, 9.17) is 14.2 Å². The normalized spacial score (nSPS) is 16.4. The number of rotatable bonds is 11. The molecule has 4 heterocycles.